The van der Waals surface area contributed by atoms with E-state index in [1.165, 1.54) is 24.4 Å². The van der Waals surface area contributed by atoms with Crippen LogP contribution in [0.1, 0.15) is 45.2 Å². The maximum absolute atomic E-state index is 12.3. The highest BCUT2D eigenvalue weighted by Gasteiger charge is 2.31. The Labute approximate surface area is 126 Å². The van der Waals surface area contributed by atoms with Crippen molar-refractivity contribution in [3.8, 4) is 0 Å². The van der Waals surface area contributed by atoms with Gasteiger partial charge in [0.2, 0.25) is 5.91 Å². The zero-order valence-corrected chi connectivity index (χ0v) is 13.6. The molecule has 2 fully saturated rings. The summed E-state index contributed by atoms with van der Waals surface area (Å²) in [6, 6.07) is 2.24. The van der Waals surface area contributed by atoms with Crippen LogP contribution in [0.2, 0.25) is 0 Å². The van der Waals surface area contributed by atoms with Gasteiger partial charge >= 0.3 is 0 Å². The lowest BCUT2D eigenvalue weighted by Gasteiger charge is -2.38. The number of nitrogens with zero attached hydrogens (tertiary/aromatic N) is 4. The molecule has 2 aliphatic rings. The summed E-state index contributed by atoms with van der Waals surface area (Å²) >= 11 is 0. The summed E-state index contributed by atoms with van der Waals surface area (Å²) < 4.78 is 1.99. The molecule has 1 aromatic rings. The van der Waals surface area contributed by atoms with E-state index in [1.807, 2.05) is 37.4 Å². The van der Waals surface area contributed by atoms with E-state index in [4.69, 9.17) is 0 Å². The van der Waals surface area contributed by atoms with Crippen LogP contribution in [0.25, 0.3) is 0 Å². The summed E-state index contributed by atoms with van der Waals surface area (Å²) in [5, 5.41) is 4.64. The van der Waals surface area contributed by atoms with Crippen molar-refractivity contribution >= 4 is 11.7 Å². The van der Waals surface area contributed by atoms with Crippen LogP contribution >= 0.6 is 0 Å². The normalized spacial score (nSPS) is 20.0. The maximum atomic E-state index is 12.3. The Balaban J connectivity index is 1.64. The van der Waals surface area contributed by atoms with Gasteiger partial charge in [-0.1, -0.05) is 20.8 Å². The average Bonchev–Trinajstić information content (AvgIpc) is 3.21. The standard InChI is InChI=1S/C16H26N4O/c1-16(2,3)15(21)20-9-7-19(8-10-20)14-11-13(12-5-6-12)17-18(14)4/h11-12H,5-10H2,1-4H3. The van der Waals surface area contributed by atoms with Crippen molar-refractivity contribution in [2.24, 2.45) is 12.5 Å². The monoisotopic (exact) mass is 290 g/mol. The summed E-state index contributed by atoms with van der Waals surface area (Å²) in [5.74, 6) is 2.14. The van der Waals surface area contributed by atoms with Crippen LogP contribution in [-0.4, -0.2) is 46.8 Å². The summed E-state index contributed by atoms with van der Waals surface area (Å²) in [4.78, 5) is 16.7. The van der Waals surface area contributed by atoms with Gasteiger partial charge in [-0.2, -0.15) is 5.10 Å². The zero-order valence-electron chi connectivity index (χ0n) is 13.6. The van der Waals surface area contributed by atoms with Gasteiger partial charge in [0.15, 0.2) is 0 Å². The van der Waals surface area contributed by atoms with Crippen LogP contribution in [0.3, 0.4) is 0 Å². The Morgan fingerprint density at radius 2 is 1.81 bits per heavy atom. The molecule has 3 rings (SSSR count). The van der Waals surface area contributed by atoms with Crippen molar-refractivity contribution in [1.29, 1.82) is 0 Å². The van der Waals surface area contributed by atoms with Crippen LogP contribution in [-0.2, 0) is 11.8 Å². The number of rotatable bonds is 2. The third kappa shape index (κ3) is 2.92. The first-order valence-corrected chi connectivity index (χ1v) is 7.94. The molecule has 5 heteroatoms. The molecule has 5 nitrogen and oxygen atoms in total. The smallest absolute Gasteiger partial charge is 0.228 e. The van der Waals surface area contributed by atoms with Gasteiger partial charge in [0, 0.05) is 50.6 Å². The number of carbonyl (C=O) groups excluding carboxylic acids is 1. The highest BCUT2D eigenvalue weighted by atomic mass is 16.2. The minimum Gasteiger partial charge on any atom is -0.353 e. The van der Waals surface area contributed by atoms with Crippen molar-refractivity contribution in [1.82, 2.24) is 14.7 Å². The highest BCUT2D eigenvalue weighted by Crippen LogP contribution is 2.40. The fourth-order valence-corrected chi connectivity index (χ4v) is 2.97. The van der Waals surface area contributed by atoms with Crippen molar-refractivity contribution in [2.45, 2.75) is 39.5 Å². The average molecular weight is 290 g/mol. The minimum atomic E-state index is -0.284. The third-order valence-corrected chi connectivity index (χ3v) is 4.40. The fourth-order valence-electron chi connectivity index (χ4n) is 2.97. The van der Waals surface area contributed by atoms with Gasteiger partial charge in [-0.15, -0.1) is 0 Å². The van der Waals surface area contributed by atoms with E-state index < -0.39 is 0 Å². The van der Waals surface area contributed by atoms with E-state index in [0.29, 0.717) is 5.92 Å². The molecule has 1 amide bonds. The van der Waals surface area contributed by atoms with Crippen molar-refractivity contribution < 1.29 is 4.79 Å². The Bertz CT molecular complexity index is 531. The second kappa shape index (κ2) is 5.04. The highest BCUT2D eigenvalue weighted by molar-refractivity contribution is 5.81. The Morgan fingerprint density at radius 3 is 2.33 bits per heavy atom. The SMILES string of the molecule is Cn1nc(C2CC2)cc1N1CCN(C(=O)C(C)(C)C)CC1. The molecule has 0 radical (unpaired) electrons. The first-order valence-electron chi connectivity index (χ1n) is 7.94. The number of hydrogen-bond acceptors (Lipinski definition) is 3. The minimum absolute atomic E-state index is 0.255. The molecule has 0 bridgehead atoms. The second-order valence-electron chi connectivity index (χ2n) is 7.35. The van der Waals surface area contributed by atoms with E-state index in [1.54, 1.807) is 0 Å². The molecule has 0 aromatic carbocycles. The maximum Gasteiger partial charge on any atom is 0.228 e. The molecule has 21 heavy (non-hydrogen) atoms. The lowest BCUT2D eigenvalue weighted by molar-refractivity contribution is -0.139. The van der Waals surface area contributed by atoms with Gasteiger partial charge in [-0.05, 0) is 12.8 Å². The lowest BCUT2D eigenvalue weighted by Crippen LogP contribution is -2.52. The summed E-state index contributed by atoms with van der Waals surface area (Å²) in [5.41, 5.74) is 0.953. The molecule has 1 saturated carbocycles. The molecule has 1 aliphatic carbocycles. The van der Waals surface area contributed by atoms with Gasteiger partial charge in [0.1, 0.15) is 5.82 Å². The number of aryl methyl sites for hydroxylation is 1. The summed E-state index contributed by atoms with van der Waals surface area (Å²) in [6.07, 6.45) is 2.56. The van der Waals surface area contributed by atoms with Gasteiger partial charge in [0.25, 0.3) is 0 Å². The summed E-state index contributed by atoms with van der Waals surface area (Å²) in [7, 11) is 2.02. The molecule has 0 spiro atoms. The second-order valence-corrected chi connectivity index (χ2v) is 7.35. The van der Waals surface area contributed by atoms with E-state index in [0.717, 1.165) is 26.2 Å². The predicted octanol–water partition coefficient (Wildman–Crippen LogP) is 1.99. The molecule has 0 atom stereocenters. The molecule has 0 N–H and O–H groups in total. The van der Waals surface area contributed by atoms with Crippen molar-refractivity contribution in [2.75, 3.05) is 31.1 Å². The molecular formula is C16H26N4O. The molecule has 1 aromatic heterocycles. The van der Waals surface area contributed by atoms with Crippen LogP contribution in [0.15, 0.2) is 6.07 Å². The van der Waals surface area contributed by atoms with Crippen LogP contribution < -0.4 is 4.90 Å². The number of anilines is 1. The molecular weight excluding hydrogens is 264 g/mol. The Morgan fingerprint density at radius 1 is 1.19 bits per heavy atom. The van der Waals surface area contributed by atoms with Gasteiger partial charge in [0.05, 0.1) is 5.69 Å². The number of aromatic nitrogens is 2. The van der Waals surface area contributed by atoms with E-state index >= 15 is 0 Å². The Hall–Kier alpha value is -1.52. The molecule has 1 saturated heterocycles. The number of amides is 1. The fraction of sp³-hybridized carbons (Fsp3) is 0.750. The number of piperazine rings is 1. The number of hydrogen-bond donors (Lipinski definition) is 0. The molecule has 2 heterocycles. The zero-order chi connectivity index (χ0) is 15.2. The Kier molecular flexibility index (Phi) is 3.46. The third-order valence-electron chi connectivity index (χ3n) is 4.40. The lowest BCUT2D eigenvalue weighted by atomic mass is 9.94. The van der Waals surface area contributed by atoms with Gasteiger partial charge in [-0.25, -0.2) is 0 Å². The first kappa shape index (κ1) is 14.4. The van der Waals surface area contributed by atoms with Crippen molar-refractivity contribution in [3.63, 3.8) is 0 Å². The largest absolute Gasteiger partial charge is 0.353 e. The van der Waals surface area contributed by atoms with E-state index in [2.05, 4.69) is 16.1 Å². The van der Waals surface area contributed by atoms with Gasteiger partial charge < -0.3 is 9.80 Å². The molecule has 116 valence electrons. The molecule has 0 unspecified atom stereocenters. The first-order chi connectivity index (χ1) is 9.86. The topological polar surface area (TPSA) is 41.4 Å². The quantitative estimate of drug-likeness (QED) is 0.836. The molecule has 1 aliphatic heterocycles. The van der Waals surface area contributed by atoms with Gasteiger partial charge in [-0.3, -0.25) is 9.48 Å². The number of carbonyl (C=O) groups is 1. The summed E-state index contributed by atoms with van der Waals surface area (Å²) in [6.45, 7) is 9.37. The van der Waals surface area contributed by atoms with Crippen LogP contribution in [0, 0.1) is 5.41 Å². The van der Waals surface area contributed by atoms with Crippen LogP contribution in [0.5, 0.6) is 0 Å². The van der Waals surface area contributed by atoms with E-state index in [-0.39, 0.29) is 11.3 Å². The predicted molar refractivity (Wildman–Crippen MR) is 83.4 cm³/mol. The van der Waals surface area contributed by atoms with E-state index in [9.17, 15) is 4.79 Å². The van der Waals surface area contributed by atoms with Crippen LogP contribution in [0.4, 0.5) is 5.82 Å². The van der Waals surface area contributed by atoms with Crippen molar-refractivity contribution in [3.05, 3.63) is 11.8 Å².